The van der Waals surface area contributed by atoms with E-state index >= 15 is 0 Å². The van der Waals surface area contributed by atoms with Crippen molar-refractivity contribution in [2.75, 3.05) is 13.2 Å². The van der Waals surface area contributed by atoms with Crippen LogP contribution in [0.25, 0.3) is 0 Å². The van der Waals surface area contributed by atoms with E-state index in [0.29, 0.717) is 19.3 Å². The van der Waals surface area contributed by atoms with E-state index in [1.807, 2.05) is 18.2 Å². The molecule has 0 saturated heterocycles. The van der Waals surface area contributed by atoms with E-state index < -0.39 is 0 Å². The van der Waals surface area contributed by atoms with Crippen LogP contribution < -0.4 is 14.8 Å². The van der Waals surface area contributed by atoms with Crippen molar-refractivity contribution in [2.45, 2.75) is 25.9 Å². The van der Waals surface area contributed by atoms with Crippen LogP contribution in [-0.4, -0.2) is 19.3 Å². The second-order valence-corrected chi connectivity index (χ2v) is 4.28. The summed E-state index contributed by atoms with van der Waals surface area (Å²) in [5, 5.41) is 3.44. The molecule has 0 bridgehead atoms. The molecule has 1 aromatic carbocycles. The maximum atomic E-state index is 5.55. The molecule has 0 aliphatic carbocycles. The first kappa shape index (κ1) is 12.0. The number of hydrogen-bond acceptors (Lipinski definition) is 3. The molecule has 1 heterocycles. The summed E-state index contributed by atoms with van der Waals surface area (Å²) in [4.78, 5) is 0. The van der Waals surface area contributed by atoms with Crippen LogP contribution in [0.2, 0.25) is 0 Å². The molecule has 1 unspecified atom stereocenters. The van der Waals surface area contributed by atoms with Crippen LogP contribution in [0.15, 0.2) is 30.9 Å². The molecule has 1 atom stereocenters. The lowest BCUT2D eigenvalue weighted by molar-refractivity contribution is 0.171. The summed E-state index contributed by atoms with van der Waals surface area (Å²) >= 11 is 0. The minimum atomic E-state index is 0.445. The maximum Gasteiger partial charge on any atom is 0.161 e. The monoisotopic (exact) mass is 233 g/mol. The average molecular weight is 233 g/mol. The minimum Gasteiger partial charge on any atom is -0.486 e. The van der Waals surface area contributed by atoms with Gasteiger partial charge in [-0.1, -0.05) is 12.1 Å². The van der Waals surface area contributed by atoms with Crippen LogP contribution in [0.5, 0.6) is 11.5 Å². The Morgan fingerprint density at radius 1 is 1.35 bits per heavy atom. The highest BCUT2D eigenvalue weighted by molar-refractivity contribution is 5.43. The van der Waals surface area contributed by atoms with E-state index in [9.17, 15) is 0 Å². The SMILES string of the molecule is C=CCC(C)NCc1ccc2c(c1)OCCO2. The van der Waals surface area contributed by atoms with Gasteiger partial charge < -0.3 is 14.8 Å². The smallest absolute Gasteiger partial charge is 0.161 e. The van der Waals surface area contributed by atoms with Crippen LogP contribution in [0.1, 0.15) is 18.9 Å². The van der Waals surface area contributed by atoms with Gasteiger partial charge in [-0.2, -0.15) is 0 Å². The summed E-state index contributed by atoms with van der Waals surface area (Å²) in [6.07, 6.45) is 2.91. The van der Waals surface area contributed by atoms with Crippen LogP contribution in [0.4, 0.5) is 0 Å². The Morgan fingerprint density at radius 3 is 2.88 bits per heavy atom. The van der Waals surface area contributed by atoms with Gasteiger partial charge in [-0.3, -0.25) is 0 Å². The number of fused-ring (bicyclic) bond motifs is 1. The van der Waals surface area contributed by atoms with Gasteiger partial charge in [-0.05, 0) is 31.0 Å². The molecule has 3 nitrogen and oxygen atoms in total. The third-order valence-corrected chi connectivity index (χ3v) is 2.78. The van der Waals surface area contributed by atoms with E-state index in [2.05, 4.69) is 24.9 Å². The Balaban J connectivity index is 1.95. The highest BCUT2D eigenvalue weighted by Crippen LogP contribution is 2.30. The molecular weight excluding hydrogens is 214 g/mol. The molecule has 0 fully saturated rings. The van der Waals surface area contributed by atoms with E-state index in [0.717, 1.165) is 24.5 Å². The van der Waals surface area contributed by atoms with Crippen molar-refractivity contribution < 1.29 is 9.47 Å². The second kappa shape index (κ2) is 5.73. The Morgan fingerprint density at radius 2 is 2.12 bits per heavy atom. The summed E-state index contributed by atoms with van der Waals surface area (Å²) < 4.78 is 11.0. The zero-order valence-corrected chi connectivity index (χ0v) is 10.2. The molecule has 0 amide bonds. The lowest BCUT2D eigenvalue weighted by atomic mass is 10.1. The summed E-state index contributed by atoms with van der Waals surface area (Å²) in [6, 6.07) is 6.54. The maximum absolute atomic E-state index is 5.55. The summed E-state index contributed by atoms with van der Waals surface area (Å²) in [5.74, 6) is 1.70. The Bertz CT molecular complexity index is 390. The summed E-state index contributed by atoms with van der Waals surface area (Å²) in [7, 11) is 0. The van der Waals surface area contributed by atoms with Crippen LogP contribution in [0.3, 0.4) is 0 Å². The van der Waals surface area contributed by atoms with Crippen LogP contribution in [0, 0.1) is 0 Å². The number of benzene rings is 1. The van der Waals surface area contributed by atoms with Gasteiger partial charge >= 0.3 is 0 Å². The normalized spacial score (nSPS) is 15.4. The lowest BCUT2D eigenvalue weighted by Gasteiger charge is -2.19. The van der Waals surface area contributed by atoms with Crippen LogP contribution >= 0.6 is 0 Å². The Kier molecular flexibility index (Phi) is 4.04. The molecule has 92 valence electrons. The van der Waals surface area contributed by atoms with Crippen molar-refractivity contribution in [3.05, 3.63) is 36.4 Å². The molecule has 3 heteroatoms. The highest BCUT2D eigenvalue weighted by Gasteiger charge is 2.11. The van der Waals surface area contributed by atoms with Gasteiger partial charge in [0.1, 0.15) is 13.2 Å². The highest BCUT2D eigenvalue weighted by atomic mass is 16.6. The molecule has 0 radical (unpaired) electrons. The number of rotatable bonds is 5. The zero-order valence-electron chi connectivity index (χ0n) is 10.2. The minimum absolute atomic E-state index is 0.445. The fourth-order valence-electron chi connectivity index (χ4n) is 1.82. The van der Waals surface area contributed by atoms with Gasteiger partial charge in [-0.25, -0.2) is 0 Å². The number of nitrogens with one attached hydrogen (secondary N) is 1. The molecule has 1 aliphatic heterocycles. The molecule has 0 spiro atoms. The molecule has 1 aromatic rings. The molecule has 1 N–H and O–H groups in total. The molecular formula is C14H19NO2. The molecule has 0 aromatic heterocycles. The van der Waals surface area contributed by atoms with Gasteiger partial charge in [0.05, 0.1) is 0 Å². The predicted octanol–water partition coefficient (Wildman–Crippen LogP) is 2.51. The predicted molar refractivity (Wildman–Crippen MR) is 68.5 cm³/mol. The van der Waals surface area contributed by atoms with Gasteiger partial charge in [0, 0.05) is 12.6 Å². The quantitative estimate of drug-likeness (QED) is 0.793. The van der Waals surface area contributed by atoms with E-state index in [1.54, 1.807) is 0 Å². The van der Waals surface area contributed by atoms with Crippen molar-refractivity contribution in [1.29, 1.82) is 0 Å². The van der Waals surface area contributed by atoms with Crippen molar-refractivity contribution >= 4 is 0 Å². The Hall–Kier alpha value is -1.48. The first-order chi connectivity index (χ1) is 8.29. The molecule has 17 heavy (non-hydrogen) atoms. The summed E-state index contributed by atoms with van der Waals surface area (Å²) in [5.41, 5.74) is 1.21. The molecule has 0 saturated carbocycles. The van der Waals surface area contributed by atoms with Gasteiger partial charge in [0.2, 0.25) is 0 Å². The first-order valence-corrected chi connectivity index (χ1v) is 6.02. The van der Waals surface area contributed by atoms with Gasteiger partial charge in [-0.15, -0.1) is 6.58 Å². The lowest BCUT2D eigenvalue weighted by Crippen LogP contribution is -2.24. The Labute approximate surface area is 102 Å². The second-order valence-electron chi connectivity index (χ2n) is 4.28. The molecule has 1 aliphatic rings. The van der Waals surface area contributed by atoms with E-state index in [-0.39, 0.29) is 0 Å². The van der Waals surface area contributed by atoms with E-state index in [4.69, 9.17) is 9.47 Å². The fourth-order valence-corrected chi connectivity index (χ4v) is 1.82. The largest absolute Gasteiger partial charge is 0.486 e. The standard InChI is InChI=1S/C14H19NO2/c1-3-4-11(2)15-10-12-5-6-13-14(9-12)17-8-7-16-13/h3,5-6,9,11,15H,1,4,7-8,10H2,2H3. The van der Waals surface area contributed by atoms with Gasteiger partial charge in [0.25, 0.3) is 0 Å². The summed E-state index contributed by atoms with van der Waals surface area (Å²) in [6.45, 7) is 8.00. The number of hydrogen-bond donors (Lipinski definition) is 1. The van der Waals surface area contributed by atoms with Crippen molar-refractivity contribution in [3.63, 3.8) is 0 Å². The van der Waals surface area contributed by atoms with Crippen molar-refractivity contribution in [2.24, 2.45) is 0 Å². The van der Waals surface area contributed by atoms with Crippen molar-refractivity contribution in [1.82, 2.24) is 5.32 Å². The molecule has 2 rings (SSSR count). The van der Waals surface area contributed by atoms with Gasteiger partial charge in [0.15, 0.2) is 11.5 Å². The third-order valence-electron chi connectivity index (χ3n) is 2.78. The average Bonchev–Trinajstić information content (AvgIpc) is 2.36. The zero-order chi connectivity index (χ0) is 12.1. The van der Waals surface area contributed by atoms with Crippen LogP contribution in [-0.2, 0) is 6.54 Å². The van der Waals surface area contributed by atoms with Crippen molar-refractivity contribution in [3.8, 4) is 11.5 Å². The topological polar surface area (TPSA) is 30.5 Å². The van der Waals surface area contributed by atoms with E-state index in [1.165, 1.54) is 5.56 Å². The third kappa shape index (κ3) is 3.24. The first-order valence-electron chi connectivity index (χ1n) is 6.02. The fraction of sp³-hybridized carbons (Fsp3) is 0.429. The number of ether oxygens (including phenoxy) is 2.